The molecule has 0 aromatic rings. The molecule has 20 heavy (non-hydrogen) atoms. The molecule has 0 aromatic carbocycles. The zero-order valence-electron chi connectivity index (χ0n) is 12.3. The van der Waals surface area contributed by atoms with E-state index in [4.69, 9.17) is 4.74 Å². The van der Waals surface area contributed by atoms with E-state index >= 15 is 0 Å². The first kappa shape index (κ1) is 16.2. The molecule has 6 heteroatoms. The second kappa shape index (κ2) is 7.20. The highest BCUT2D eigenvalue weighted by atomic mass is 32.2. The zero-order chi connectivity index (χ0) is 14.6. The van der Waals surface area contributed by atoms with E-state index < -0.39 is 15.9 Å². The fourth-order valence-corrected chi connectivity index (χ4v) is 4.67. The van der Waals surface area contributed by atoms with E-state index in [-0.39, 0.29) is 23.7 Å². The minimum Gasteiger partial charge on any atom is -0.389 e. The molecule has 0 radical (unpaired) electrons. The SMILES string of the molecule is CC1CCC(OCC(O)CNC2CCS(=O)(=O)C2)CC1. The van der Waals surface area contributed by atoms with Crippen molar-refractivity contribution in [2.75, 3.05) is 24.7 Å². The van der Waals surface area contributed by atoms with Gasteiger partial charge in [-0.3, -0.25) is 0 Å². The van der Waals surface area contributed by atoms with Crippen LogP contribution in [-0.2, 0) is 14.6 Å². The van der Waals surface area contributed by atoms with Gasteiger partial charge in [-0.2, -0.15) is 0 Å². The molecular weight excluding hydrogens is 278 g/mol. The maximum Gasteiger partial charge on any atom is 0.151 e. The topological polar surface area (TPSA) is 75.6 Å². The van der Waals surface area contributed by atoms with Crippen molar-refractivity contribution >= 4 is 9.84 Å². The first-order chi connectivity index (χ1) is 9.44. The van der Waals surface area contributed by atoms with Gasteiger partial charge in [0.25, 0.3) is 0 Å². The molecule has 2 atom stereocenters. The first-order valence-electron chi connectivity index (χ1n) is 7.68. The van der Waals surface area contributed by atoms with Crippen molar-refractivity contribution in [3.8, 4) is 0 Å². The monoisotopic (exact) mass is 305 g/mol. The van der Waals surface area contributed by atoms with Crippen LogP contribution in [0.1, 0.15) is 39.0 Å². The van der Waals surface area contributed by atoms with Crippen LogP contribution in [0.5, 0.6) is 0 Å². The third kappa shape index (κ3) is 5.31. The van der Waals surface area contributed by atoms with Crippen molar-refractivity contribution in [3.63, 3.8) is 0 Å². The van der Waals surface area contributed by atoms with Gasteiger partial charge in [0.1, 0.15) is 0 Å². The highest BCUT2D eigenvalue weighted by Crippen LogP contribution is 2.25. The molecule has 1 saturated carbocycles. The molecule has 2 rings (SSSR count). The van der Waals surface area contributed by atoms with Crippen molar-refractivity contribution < 1.29 is 18.3 Å². The van der Waals surface area contributed by atoms with Gasteiger partial charge in [0.05, 0.1) is 30.3 Å². The Bertz CT molecular complexity index is 390. The Morgan fingerprint density at radius 2 is 1.95 bits per heavy atom. The van der Waals surface area contributed by atoms with Crippen molar-refractivity contribution in [1.29, 1.82) is 0 Å². The lowest BCUT2D eigenvalue weighted by atomic mass is 9.89. The Morgan fingerprint density at radius 3 is 2.55 bits per heavy atom. The fraction of sp³-hybridized carbons (Fsp3) is 1.00. The Labute approximate surface area is 122 Å². The molecule has 0 amide bonds. The van der Waals surface area contributed by atoms with E-state index in [1.165, 1.54) is 12.8 Å². The molecule has 1 saturated heterocycles. The van der Waals surface area contributed by atoms with Crippen LogP contribution >= 0.6 is 0 Å². The lowest BCUT2D eigenvalue weighted by Crippen LogP contribution is -2.39. The van der Waals surface area contributed by atoms with Gasteiger partial charge in [0, 0.05) is 12.6 Å². The molecule has 1 aliphatic carbocycles. The van der Waals surface area contributed by atoms with E-state index in [0.29, 0.717) is 19.6 Å². The van der Waals surface area contributed by atoms with Crippen LogP contribution in [0, 0.1) is 5.92 Å². The summed E-state index contributed by atoms with van der Waals surface area (Å²) in [5.74, 6) is 1.25. The molecule has 0 bridgehead atoms. The summed E-state index contributed by atoms with van der Waals surface area (Å²) in [4.78, 5) is 0. The maximum absolute atomic E-state index is 11.3. The largest absolute Gasteiger partial charge is 0.389 e. The van der Waals surface area contributed by atoms with E-state index in [1.54, 1.807) is 0 Å². The first-order valence-corrected chi connectivity index (χ1v) is 9.50. The second-order valence-electron chi connectivity index (χ2n) is 6.38. The number of hydrogen-bond acceptors (Lipinski definition) is 5. The summed E-state index contributed by atoms with van der Waals surface area (Å²) in [6, 6.07) is -0.00909. The number of aliphatic hydroxyl groups is 1. The normalized spacial score (nSPS) is 35.0. The van der Waals surface area contributed by atoms with Crippen LogP contribution in [0.4, 0.5) is 0 Å². The minimum absolute atomic E-state index is 0.00909. The molecule has 5 nitrogen and oxygen atoms in total. The van der Waals surface area contributed by atoms with Gasteiger partial charge >= 0.3 is 0 Å². The van der Waals surface area contributed by atoms with E-state index in [1.807, 2.05) is 0 Å². The predicted octanol–water partition coefficient (Wildman–Crippen LogP) is 0.719. The van der Waals surface area contributed by atoms with Gasteiger partial charge in [-0.05, 0) is 38.0 Å². The number of sulfone groups is 1. The summed E-state index contributed by atoms with van der Waals surface area (Å²) >= 11 is 0. The van der Waals surface area contributed by atoms with Gasteiger partial charge in [0.15, 0.2) is 9.84 Å². The van der Waals surface area contributed by atoms with Crippen molar-refractivity contribution in [2.45, 2.75) is 57.3 Å². The average molecular weight is 305 g/mol. The van der Waals surface area contributed by atoms with Gasteiger partial charge < -0.3 is 15.2 Å². The molecule has 2 fully saturated rings. The molecule has 118 valence electrons. The molecule has 2 aliphatic rings. The highest BCUT2D eigenvalue weighted by molar-refractivity contribution is 7.91. The van der Waals surface area contributed by atoms with Crippen LogP contribution < -0.4 is 5.32 Å². The molecule has 2 unspecified atom stereocenters. The summed E-state index contributed by atoms with van der Waals surface area (Å²) in [6.45, 7) is 3.01. The number of rotatable bonds is 6. The van der Waals surface area contributed by atoms with Gasteiger partial charge in [-0.15, -0.1) is 0 Å². The number of hydrogen-bond donors (Lipinski definition) is 2. The molecule has 0 spiro atoms. The highest BCUT2D eigenvalue weighted by Gasteiger charge is 2.28. The van der Waals surface area contributed by atoms with Crippen LogP contribution in [0.15, 0.2) is 0 Å². The molecular formula is C14H27NO4S. The zero-order valence-corrected chi connectivity index (χ0v) is 13.1. The van der Waals surface area contributed by atoms with Crippen LogP contribution in [0.3, 0.4) is 0 Å². The third-order valence-corrected chi connectivity index (χ3v) is 6.13. The number of nitrogens with one attached hydrogen (secondary N) is 1. The van der Waals surface area contributed by atoms with E-state index in [0.717, 1.165) is 18.8 Å². The number of ether oxygens (including phenoxy) is 1. The summed E-state index contributed by atoms with van der Waals surface area (Å²) in [7, 11) is -2.85. The Hall–Kier alpha value is -0.170. The Balaban J connectivity index is 1.58. The summed E-state index contributed by atoms with van der Waals surface area (Å²) < 4.78 is 28.4. The van der Waals surface area contributed by atoms with E-state index in [9.17, 15) is 13.5 Å². The predicted molar refractivity (Wildman–Crippen MR) is 78.4 cm³/mol. The third-order valence-electron chi connectivity index (χ3n) is 4.36. The summed E-state index contributed by atoms with van der Waals surface area (Å²) in [6.07, 6.45) is 4.96. The molecule has 1 heterocycles. The molecule has 0 aromatic heterocycles. The van der Waals surface area contributed by atoms with Gasteiger partial charge in [-0.1, -0.05) is 6.92 Å². The summed E-state index contributed by atoms with van der Waals surface area (Å²) in [5.41, 5.74) is 0. The van der Waals surface area contributed by atoms with Gasteiger partial charge in [-0.25, -0.2) is 8.42 Å². The minimum atomic E-state index is -2.85. The van der Waals surface area contributed by atoms with E-state index in [2.05, 4.69) is 12.2 Å². The quantitative estimate of drug-likeness (QED) is 0.756. The van der Waals surface area contributed by atoms with Crippen molar-refractivity contribution in [1.82, 2.24) is 5.32 Å². The van der Waals surface area contributed by atoms with Crippen molar-refractivity contribution in [2.24, 2.45) is 5.92 Å². The summed E-state index contributed by atoms with van der Waals surface area (Å²) in [5, 5.41) is 13.0. The van der Waals surface area contributed by atoms with Crippen LogP contribution in [-0.4, -0.2) is 56.4 Å². The Morgan fingerprint density at radius 1 is 1.25 bits per heavy atom. The fourth-order valence-electron chi connectivity index (χ4n) is 2.96. The lowest BCUT2D eigenvalue weighted by molar-refractivity contribution is -0.0282. The molecule has 1 aliphatic heterocycles. The lowest BCUT2D eigenvalue weighted by Gasteiger charge is -2.27. The standard InChI is InChI=1S/C14H27NO4S/c1-11-2-4-14(5-3-11)19-9-13(16)8-15-12-6-7-20(17,18)10-12/h11-16H,2-10H2,1H3. The average Bonchev–Trinajstić information content (AvgIpc) is 2.75. The number of aliphatic hydroxyl groups excluding tert-OH is 1. The smallest absolute Gasteiger partial charge is 0.151 e. The maximum atomic E-state index is 11.3. The Kier molecular flexibility index (Phi) is 5.84. The second-order valence-corrected chi connectivity index (χ2v) is 8.61. The van der Waals surface area contributed by atoms with Crippen LogP contribution in [0.25, 0.3) is 0 Å². The van der Waals surface area contributed by atoms with Crippen LogP contribution in [0.2, 0.25) is 0 Å². The van der Waals surface area contributed by atoms with Gasteiger partial charge in [0.2, 0.25) is 0 Å². The molecule has 2 N–H and O–H groups in total. The van der Waals surface area contributed by atoms with Crippen molar-refractivity contribution in [3.05, 3.63) is 0 Å².